The maximum atomic E-state index is 3.37. The minimum absolute atomic E-state index is 1.08. The second kappa shape index (κ2) is 2.70. The summed E-state index contributed by atoms with van der Waals surface area (Å²) in [5.74, 6) is 0. The van der Waals surface area contributed by atoms with E-state index in [0.717, 1.165) is 13.0 Å². The summed E-state index contributed by atoms with van der Waals surface area (Å²) >= 11 is 0. The van der Waals surface area contributed by atoms with Crippen LogP contribution in [0, 0.1) is 0 Å². The Bertz CT molecular complexity index is 292. The van der Waals surface area contributed by atoms with Gasteiger partial charge in [-0.3, -0.25) is 0 Å². The van der Waals surface area contributed by atoms with Gasteiger partial charge >= 0.3 is 0 Å². The van der Waals surface area contributed by atoms with Gasteiger partial charge in [-0.1, -0.05) is 6.07 Å². The summed E-state index contributed by atoms with van der Waals surface area (Å²) in [5, 5.41) is 3.37. The fourth-order valence-electron chi connectivity index (χ4n) is 1.74. The van der Waals surface area contributed by atoms with E-state index in [2.05, 4.69) is 42.5 Å². The van der Waals surface area contributed by atoms with E-state index < -0.39 is 0 Å². The number of nitrogens with zero attached hydrogens (tertiary/aromatic N) is 1. The lowest BCUT2D eigenvalue weighted by Gasteiger charge is -2.16. The summed E-state index contributed by atoms with van der Waals surface area (Å²) in [6.45, 7) is 1.08. The number of hydrogen-bond acceptors (Lipinski definition) is 2. The molecule has 0 amide bonds. The van der Waals surface area contributed by atoms with E-state index in [1.54, 1.807) is 0 Å². The second-order valence-corrected chi connectivity index (χ2v) is 3.37. The highest BCUT2D eigenvalue weighted by Gasteiger charge is 2.13. The van der Waals surface area contributed by atoms with Crippen molar-refractivity contribution in [3.8, 4) is 0 Å². The van der Waals surface area contributed by atoms with Crippen molar-refractivity contribution >= 4 is 11.4 Å². The van der Waals surface area contributed by atoms with Crippen LogP contribution in [0.5, 0.6) is 0 Å². The summed E-state index contributed by atoms with van der Waals surface area (Å²) in [5.41, 5.74) is 4.11. The second-order valence-electron chi connectivity index (χ2n) is 3.37. The van der Waals surface area contributed by atoms with Crippen LogP contribution >= 0.6 is 0 Å². The van der Waals surface area contributed by atoms with Gasteiger partial charge in [-0.15, -0.1) is 0 Å². The molecule has 0 atom stereocenters. The van der Waals surface area contributed by atoms with Gasteiger partial charge in [0.1, 0.15) is 0 Å². The molecule has 1 N–H and O–H groups in total. The number of nitrogens with one attached hydrogen (secondary N) is 1. The molecule has 0 spiro atoms. The van der Waals surface area contributed by atoms with Crippen LogP contribution < -0.4 is 10.2 Å². The van der Waals surface area contributed by atoms with Crippen LogP contribution in [0.3, 0.4) is 0 Å². The van der Waals surface area contributed by atoms with Gasteiger partial charge in [-0.2, -0.15) is 0 Å². The first-order valence-corrected chi connectivity index (χ1v) is 4.32. The molecular formula is C10H14N2. The van der Waals surface area contributed by atoms with Crippen LogP contribution in [0.15, 0.2) is 18.2 Å². The molecule has 0 unspecified atom stereocenters. The maximum absolute atomic E-state index is 3.37. The Kier molecular flexibility index (Phi) is 1.68. The summed E-state index contributed by atoms with van der Waals surface area (Å²) in [6.07, 6.45) is 1.16. The van der Waals surface area contributed by atoms with E-state index in [0.29, 0.717) is 0 Å². The minimum atomic E-state index is 1.08. The van der Waals surface area contributed by atoms with Crippen LogP contribution in [-0.2, 0) is 6.42 Å². The SMILES string of the molecule is CN(C)c1cccc2c1CCN2. The van der Waals surface area contributed by atoms with E-state index in [1.165, 1.54) is 16.9 Å². The molecule has 2 nitrogen and oxygen atoms in total. The number of rotatable bonds is 1. The largest absolute Gasteiger partial charge is 0.384 e. The monoisotopic (exact) mass is 162 g/mol. The molecular weight excluding hydrogens is 148 g/mol. The highest BCUT2D eigenvalue weighted by Crippen LogP contribution is 2.30. The average molecular weight is 162 g/mol. The molecule has 0 bridgehead atoms. The molecule has 0 aromatic heterocycles. The van der Waals surface area contributed by atoms with Gasteiger partial charge in [0.05, 0.1) is 0 Å². The van der Waals surface area contributed by atoms with Crippen LogP contribution in [0.4, 0.5) is 11.4 Å². The molecule has 1 aliphatic rings. The molecule has 0 fully saturated rings. The molecule has 12 heavy (non-hydrogen) atoms. The molecule has 1 aliphatic heterocycles. The van der Waals surface area contributed by atoms with Crippen LogP contribution in [0.25, 0.3) is 0 Å². The highest BCUT2D eigenvalue weighted by molar-refractivity contribution is 5.68. The Morgan fingerprint density at radius 1 is 1.33 bits per heavy atom. The topological polar surface area (TPSA) is 15.3 Å². The van der Waals surface area contributed by atoms with Crippen molar-refractivity contribution in [2.75, 3.05) is 30.9 Å². The van der Waals surface area contributed by atoms with E-state index >= 15 is 0 Å². The average Bonchev–Trinajstić information content (AvgIpc) is 2.49. The summed E-state index contributed by atoms with van der Waals surface area (Å²) < 4.78 is 0. The molecule has 0 saturated heterocycles. The van der Waals surface area contributed by atoms with Crippen molar-refractivity contribution in [2.45, 2.75) is 6.42 Å². The first-order chi connectivity index (χ1) is 5.79. The van der Waals surface area contributed by atoms with Crippen LogP contribution in [0.1, 0.15) is 5.56 Å². The zero-order chi connectivity index (χ0) is 8.55. The Hall–Kier alpha value is -1.18. The lowest BCUT2D eigenvalue weighted by atomic mass is 10.1. The van der Waals surface area contributed by atoms with Crippen molar-refractivity contribution in [2.24, 2.45) is 0 Å². The number of fused-ring (bicyclic) bond motifs is 1. The van der Waals surface area contributed by atoms with E-state index in [-0.39, 0.29) is 0 Å². The van der Waals surface area contributed by atoms with Crippen molar-refractivity contribution in [1.82, 2.24) is 0 Å². The van der Waals surface area contributed by atoms with Gasteiger partial charge in [0.2, 0.25) is 0 Å². The van der Waals surface area contributed by atoms with E-state index in [1.807, 2.05) is 0 Å². The molecule has 1 heterocycles. The highest BCUT2D eigenvalue weighted by atomic mass is 15.1. The van der Waals surface area contributed by atoms with Gasteiger partial charge in [-0.05, 0) is 18.6 Å². The van der Waals surface area contributed by atoms with Crippen molar-refractivity contribution < 1.29 is 0 Å². The molecule has 0 aliphatic carbocycles. The molecule has 1 aromatic carbocycles. The van der Waals surface area contributed by atoms with Gasteiger partial charge in [0, 0.05) is 37.6 Å². The predicted molar refractivity (Wildman–Crippen MR) is 53.0 cm³/mol. The standard InChI is InChI=1S/C10H14N2/c1-12(2)10-5-3-4-9-8(10)6-7-11-9/h3-5,11H,6-7H2,1-2H3. The summed E-state index contributed by atoms with van der Waals surface area (Å²) in [7, 11) is 4.18. The molecule has 2 heteroatoms. The van der Waals surface area contributed by atoms with Gasteiger partial charge in [-0.25, -0.2) is 0 Å². The Morgan fingerprint density at radius 3 is 2.92 bits per heavy atom. The third-order valence-corrected chi connectivity index (χ3v) is 2.32. The van der Waals surface area contributed by atoms with Gasteiger partial charge in [0.15, 0.2) is 0 Å². The van der Waals surface area contributed by atoms with Crippen LogP contribution in [-0.4, -0.2) is 20.6 Å². The first kappa shape index (κ1) is 7.47. The molecule has 64 valence electrons. The predicted octanol–water partition coefficient (Wildman–Crippen LogP) is 1.72. The molecule has 0 saturated carbocycles. The Balaban J connectivity index is 2.49. The van der Waals surface area contributed by atoms with Gasteiger partial charge in [0.25, 0.3) is 0 Å². The van der Waals surface area contributed by atoms with E-state index in [9.17, 15) is 0 Å². The third kappa shape index (κ3) is 1.04. The van der Waals surface area contributed by atoms with Crippen molar-refractivity contribution in [3.05, 3.63) is 23.8 Å². The lowest BCUT2D eigenvalue weighted by Crippen LogP contribution is -2.10. The smallest absolute Gasteiger partial charge is 0.0415 e. The number of anilines is 2. The summed E-state index contributed by atoms with van der Waals surface area (Å²) in [4.78, 5) is 2.17. The Labute approximate surface area is 73.2 Å². The molecule has 2 rings (SSSR count). The zero-order valence-electron chi connectivity index (χ0n) is 7.59. The van der Waals surface area contributed by atoms with Crippen molar-refractivity contribution in [3.63, 3.8) is 0 Å². The fraction of sp³-hybridized carbons (Fsp3) is 0.400. The quantitative estimate of drug-likeness (QED) is 0.676. The van der Waals surface area contributed by atoms with Crippen LogP contribution in [0.2, 0.25) is 0 Å². The number of hydrogen-bond donors (Lipinski definition) is 1. The first-order valence-electron chi connectivity index (χ1n) is 4.32. The lowest BCUT2D eigenvalue weighted by molar-refractivity contribution is 1.06. The Morgan fingerprint density at radius 2 is 2.17 bits per heavy atom. The van der Waals surface area contributed by atoms with E-state index in [4.69, 9.17) is 0 Å². The summed E-state index contributed by atoms with van der Waals surface area (Å²) in [6, 6.07) is 6.42. The molecule has 0 radical (unpaired) electrons. The zero-order valence-corrected chi connectivity index (χ0v) is 7.59. The molecule has 1 aromatic rings. The fourth-order valence-corrected chi connectivity index (χ4v) is 1.74. The van der Waals surface area contributed by atoms with Crippen molar-refractivity contribution in [1.29, 1.82) is 0 Å². The minimum Gasteiger partial charge on any atom is -0.384 e. The third-order valence-electron chi connectivity index (χ3n) is 2.32. The number of benzene rings is 1. The maximum Gasteiger partial charge on any atom is 0.0415 e. The normalized spacial score (nSPS) is 13.8. The van der Waals surface area contributed by atoms with Gasteiger partial charge < -0.3 is 10.2 Å².